The second kappa shape index (κ2) is 9.21. The van der Waals surface area contributed by atoms with Gasteiger partial charge in [0, 0.05) is 31.7 Å². The van der Waals surface area contributed by atoms with Crippen LogP contribution in [0.15, 0.2) is 18.3 Å². The minimum Gasteiger partial charge on any atom is -0.495 e. The van der Waals surface area contributed by atoms with E-state index in [4.69, 9.17) is 9.47 Å². The molecule has 0 aromatic carbocycles. The molecule has 2 aliphatic rings. The highest BCUT2D eigenvalue weighted by molar-refractivity contribution is 5.67. The van der Waals surface area contributed by atoms with E-state index in [0.29, 0.717) is 18.4 Å². The molecule has 1 aromatic rings. The van der Waals surface area contributed by atoms with Crippen LogP contribution in [0.1, 0.15) is 44.2 Å². The van der Waals surface area contributed by atoms with Crippen molar-refractivity contribution in [3.63, 3.8) is 0 Å². The van der Waals surface area contributed by atoms with Gasteiger partial charge in [-0.2, -0.15) is 0 Å². The van der Waals surface area contributed by atoms with Crippen molar-refractivity contribution in [3.05, 3.63) is 24.0 Å². The van der Waals surface area contributed by atoms with Crippen LogP contribution in [-0.2, 0) is 4.74 Å². The van der Waals surface area contributed by atoms with Crippen molar-refractivity contribution in [3.8, 4) is 5.75 Å². The maximum atomic E-state index is 11.8. The standard InChI is InChI=1S/C20H31N3O3/c1-3-26-20(24)23-13-6-16(7-14-23)15-22-11-8-17(9-12-22)19-18(25-2)5-4-10-21-19/h4-5,10,16-17H,3,6-9,11-15H2,1-2H3. The second-order valence-electron chi connectivity index (χ2n) is 7.30. The van der Waals surface area contributed by atoms with E-state index in [1.54, 1.807) is 7.11 Å². The Morgan fingerprint density at radius 3 is 2.58 bits per heavy atom. The number of pyridine rings is 1. The predicted octanol–water partition coefficient (Wildman–Crippen LogP) is 3.14. The van der Waals surface area contributed by atoms with Gasteiger partial charge in [-0.1, -0.05) is 0 Å². The minimum absolute atomic E-state index is 0.156. The van der Waals surface area contributed by atoms with E-state index >= 15 is 0 Å². The number of methoxy groups -OCH3 is 1. The summed E-state index contributed by atoms with van der Waals surface area (Å²) in [5.41, 5.74) is 1.11. The molecule has 1 amide bonds. The van der Waals surface area contributed by atoms with Crippen LogP contribution in [-0.4, -0.2) is 67.3 Å². The van der Waals surface area contributed by atoms with E-state index in [1.165, 1.54) is 0 Å². The van der Waals surface area contributed by atoms with Crippen molar-refractivity contribution >= 4 is 6.09 Å². The Morgan fingerprint density at radius 2 is 1.92 bits per heavy atom. The average Bonchev–Trinajstić information content (AvgIpc) is 2.69. The van der Waals surface area contributed by atoms with Crippen LogP contribution < -0.4 is 4.74 Å². The van der Waals surface area contributed by atoms with Crippen LogP contribution in [0.4, 0.5) is 4.79 Å². The first kappa shape index (κ1) is 19.0. The van der Waals surface area contributed by atoms with E-state index in [9.17, 15) is 4.79 Å². The lowest BCUT2D eigenvalue weighted by molar-refractivity contribution is 0.0830. The first-order valence-electron chi connectivity index (χ1n) is 9.84. The summed E-state index contributed by atoms with van der Waals surface area (Å²) >= 11 is 0. The quantitative estimate of drug-likeness (QED) is 0.806. The maximum absolute atomic E-state index is 11.8. The summed E-state index contributed by atoms with van der Waals surface area (Å²) in [7, 11) is 1.72. The van der Waals surface area contributed by atoms with Crippen LogP contribution in [0.25, 0.3) is 0 Å². The molecule has 0 saturated carbocycles. The Morgan fingerprint density at radius 1 is 1.19 bits per heavy atom. The van der Waals surface area contributed by atoms with E-state index in [-0.39, 0.29) is 6.09 Å². The lowest BCUT2D eigenvalue weighted by Gasteiger charge is -2.37. The minimum atomic E-state index is -0.156. The molecule has 0 spiro atoms. The summed E-state index contributed by atoms with van der Waals surface area (Å²) in [6.45, 7) is 7.33. The molecule has 6 heteroatoms. The largest absolute Gasteiger partial charge is 0.495 e. The van der Waals surface area contributed by atoms with Gasteiger partial charge in [0.15, 0.2) is 0 Å². The zero-order valence-electron chi connectivity index (χ0n) is 16.0. The zero-order chi connectivity index (χ0) is 18.4. The smallest absolute Gasteiger partial charge is 0.409 e. The van der Waals surface area contributed by atoms with E-state index in [0.717, 1.165) is 69.9 Å². The molecule has 144 valence electrons. The molecule has 6 nitrogen and oxygen atoms in total. The molecule has 2 fully saturated rings. The molecule has 0 bridgehead atoms. The highest BCUT2D eigenvalue weighted by atomic mass is 16.6. The predicted molar refractivity (Wildman–Crippen MR) is 101 cm³/mol. The van der Waals surface area contributed by atoms with Gasteiger partial charge in [-0.25, -0.2) is 4.79 Å². The van der Waals surface area contributed by atoms with Gasteiger partial charge in [-0.15, -0.1) is 0 Å². The van der Waals surface area contributed by atoms with Gasteiger partial charge in [0.25, 0.3) is 0 Å². The molecule has 2 aliphatic heterocycles. The van der Waals surface area contributed by atoms with Gasteiger partial charge in [-0.3, -0.25) is 4.98 Å². The monoisotopic (exact) mass is 361 g/mol. The number of aromatic nitrogens is 1. The van der Waals surface area contributed by atoms with Crippen molar-refractivity contribution in [2.24, 2.45) is 5.92 Å². The summed E-state index contributed by atoms with van der Waals surface area (Å²) in [5.74, 6) is 2.09. The number of hydrogen-bond donors (Lipinski definition) is 0. The number of amides is 1. The Kier molecular flexibility index (Phi) is 6.72. The summed E-state index contributed by atoms with van der Waals surface area (Å²) in [4.78, 5) is 20.8. The molecule has 0 radical (unpaired) electrons. The van der Waals surface area contributed by atoms with Crippen LogP contribution in [0.3, 0.4) is 0 Å². The van der Waals surface area contributed by atoms with Gasteiger partial charge in [0.1, 0.15) is 5.75 Å². The van der Waals surface area contributed by atoms with E-state index in [1.807, 2.05) is 30.2 Å². The molecule has 0 aliphatic carbocycles. The molecular weight excluding hydrogens is 330 g/mol. The van der Waals surface area contributed by atoms with Crippen LogP contribution in [0.5, 0.6) is 5.75 Å². The van der Waals surface area contributed by atoms with Crippen molar-refractivity contribution in [2.45, 2.75) is 38.5 Å². The normalized spacial score (nSPS) is 20.2. The molecule has 2 saturated heterocycles. The van der Waals surface area contributed by atoms with Crippen molar-refractivity contribution < 1.29 is 14.3 Å². The zero-order valence-corrected chi connectivity index (χ0v) is 16.0. The number of piperidine rings is 2. The third kappa shape index (κ3) is 4.67. The number of rotatable bonds is 5. The topological polar surface area (TPSA) is 54.9 Å². The Hall–Kier alpha value is -1.82. The first-order valence-corrected chi connectivity index (χ1v) is 9.84. The molecule has 3 rings (SSSR count). The lowest BCUT2D eigenvalue weighted by Crippen LogP contribution is -2.43. The Labute approximate surface area is 156 Å². The second-order valence-corrected chi connectivity index (χ2v) is 7.30. The third-order valence-corrected chi connectivity index (χ3v) is 5.65. The van der Waals surface area contributed by atoms with Crippen molar-refractivity contribution in [1.29, 1.82) is 0 Å². The molecule has 0 unspecified atom stereocenters. The summed E-state index contributed by atoms with van der Waals surface area (Å²) in [6.07, 6.45) is 6.13. The number of carbonyl (C=O) groups is 1. The number of nitrogens with zero attached hydrogens (tertiary/aromatic N) is 3. The maximum Gasteiger partial charge on any atom is 0.409 e. The molecule has 26 heavy (non-hydrogen) atoms. The van der Waals surface area contributed by atoms with Gasteiger partial charge >= 0.3 is 6.09 Å². The fourth-order valence-electron chi connectivity index (χ4n) is 4.15. The Balaban J connectivity index is 1.43. The molecular formula is C20H31N3O3. The van der Waals surface area contributed by atoms with Crippen LogP contribution in [0, 0.1) is 5.92 Å². The van der Waals surface area contributed by atoms with Gasteiger partial charge in [-0.05, 0) is 63.7 Å². The molecule has 1 aromatic heterocycles. The highest BCUT2D eigenvalue weighted by Gasteiger charge is 2.28. The van der Waals surface area contributed by atoms with Gasteiger partial charge in [0.05, 0.1) is 19.4 Å². The highest BCUT2D eigenvalue weighted by Crippen LogP contribution is 2.33. The molecule has 3 heterocycles. The third-order valence-electron chi connectivity index (χ3n) is 5.65. The number of carbonyl (C=O) groups excluding carboxylic acids is 1. The number of hydrogen-bond acceptors (Lipinski definition) is 5. The van der Waals surface area contributed by atoms with Crippen molar-refractivity contribution in [1.82, 2.24) is 14.8 Å². The van der Waals surface area contributed by atoms with Gasteiger partial charge < -0.3 is 19.3 Å². The number of likely N-dealkylation sites (tertiary alicyclic amines) is 2. The fourth-order valence-corrected chi connectivity index (χ4v) is 4.15. The lowest BCUT2D eigenvalue weighted by atomic mass is 9.90. The van der Waals surface area contributed by atoms with E-state index < -0.39 is 0 Å². The first-order chi connectivity index (χ1) is 12.7. The summed E-state index contributed by atoms with van der Waals surface area (Å²) < 4.78 is 10.6. The summed E-state index contributed by atoms with van der Waals surface area (Å²) in [5, 5.41) is 0. The number of ether oxygens (including phenoxy) is 2. The van der Waals surface area contributed by atoms with Crippen molar-refractivity contribution in [2.75, 3.05) is 46.4 Å². The average molecular weight is 361 g/mol. The molecule has 0 atom stereocenters. The Bertz CT molecular complexity index is 579. The SMILES string of the molecule is CCOC(=O)N1CCC(CN2CCC(c3ncccc3OC)CC2)CC1. The molecule has 0 N–H and O–H groups in total. The van der Waals surface area contributed by atoms with Gasteiger partial charge in [0.2, 0.25) is 0 Å². The fraction of sp³-hybridized carbons (Fsp3) is 0.700. The van der Waals surface area contributed by atoms with E-state index in [2.05, 4.69) is 9.88 Å². The van der Waals surface area contributed by atoms with Crippen LogP contribution in [0.2, 0.25) is 0 Å². The summed E-state index contributed by atoms with van der Waals surface area (Å²) in [6, 6.07) is 3.94. The van der Waals surface area contributed by atoms with Crippen LogP contribution >= 0.6 is 0 Å².